The molecule has 0 aromatic rings. The summed E-state index contributed by atoms with van der Waals surface area (Å²) in [5.41, 5.74) is 0.466. The summed E-state index contributed by atoms with van der Waals surface area (Å²) in [6, 6.07) is 0. The van der Waals surface area contributed by atoms with Crippen molar-refractivity contribution in [2.75, 3.05) is 13.2 Å². The molecule has 0 aliphatic carbocycles. The average Bonchev–Trinajstić information content (AvgIpc) is 2.35. The lowest BCUT2D eigenvalue weighted by atomic mass is 10.1. The summed E-state index contributed by atoms with van der Waals surface area (Å²) >= 11 is 0. The normalized spacial score (nSPS) is 10.3. The molecule has 0 aromatic heterocycles. The topological polar surface area (TPSA) is 46.2 Å². The Hall–Kier alpha value is -0.830. The van der Waals surface area contributed by atoms with Gasteiger partial charge in [-0.3, -0.25) is 0 Å². The van der Waals surface area contributed by atoms with Crippen LogP contribution < -0.4 is 0 Å². The lowest BCUT2D eigenvalue weighted by Gasteiger charge is -2.04. The van der Waals surface area contributed by atoms with E-state index in [1.165, 1.54) is 32.1 Å². The summed E-state index contributed by atoms with van der Waals surface area (Å²) in [6.45, 7) is 5.77. The van der Waals surface area contributed by atoms with E-state index in [2.05, 4.69) is 6.58 Å². The molecule has 0 amide bonds. The van der Waals surface area contributed by atoms with Crippen LogP contribution in [-0.4, -0.2) is 19.2 Å². The Balaban J connectivity index is 3.07. The highest BCUT2D eigenvalue weighted by Gasteiger charge is 2.01. The van der Waals surface area contributed by atoms with Crippen LogP contribution in [0, 0.1) is 0 Å². The van der Waals surface area contributed by atoms with Gasteiger partial charge in [0.15, 0.2) is 0 Å². The number of hydrogen-bond donors (Lipinski definition) is 0. The number of carbonyl (C=O) groups excluding carboxylic acids is 1. The smallest absolute Gasteiger partial charge is 0.333 e. The van der Waals surface area contributed by atoms with Gasteiger partial charge >= 0.3 is 5.97 Å². The van der Waals surface area contributed by atoms with Crippen molar-refractivity contribution in [3.05, 3.63) is 12.2 Å². The molecule has 0 bridgehead atoms. The molecule has 0 aromatic carbocycles. The highest BCUT2D eigenvalue weighted by Crippen LogP contribution is 2.09. The van der Waals surface area contributed by atoms with Crippen LogP contribution in [0.5, 0.6) is 0 Å². The van der Waals surface area contributed by atoms with Crippen LogP contribution in [0.25, 0.3) is 0 Å². The molecule has 0 saturated carbocycles. The van der Waals surface area contributed by atoms with Gasteiger partial charge < -0.3 is 4.74 Å². The Labute approximate surface area is 111 Å². The average molecular weight is 255 g/mol. The van der Waals surface area contributed by atoms with Gasteiger partial charge in [0, 0.05) is 5.57 Å². The van der Waals surface area contributed by atoms with E-state index in [1.54, 1.807) is 6.92 Å². The van der Waals surface area contributed by atoms with Crippen molar-refractivity contribution < 1.29 is 14.6 Å². The first-order valence-electron chi connectivity index (χ1n) is 7.09. The first kappa shape index (κ1) is 17.2. The predicted octanol–water partition coefficient (Wildman–Crippen LogP) is 4.05. The molecule has 0 rings (SSSR count). The molecule has 1 radical (unpaired) electrons. The fraction of sp³-hybridized carbons (Fsp3) is 0.800. The first-order chi connectivity index (χ1) is 8.68. The SMILES string of the molecule is C=C(C)C(=O)OCCCCCCCCCCC[O]. The monoisotopic (exact) mass is 255 g/mol. The molecule has 0 spiro atoms. The third-order valence-electron chi connectivity index (χ3n) is 2.87. The van der Waals surface area contributed by atoms with E-state index in [1.807, 2.05) is 0 Å². The van der Waals surface area contributed by atoms with Gasteiger partial charge in [-0.15, -0.1) is 0 Å². The van der Waals surface area contributed by atoms with Crippen molar-refractivity contribution >= 4 is 5.97 Å². The second-order valence-corrected chi connectivity index (χ2v) is 4.80. The maximum atomic E-state index is 11.1. The maximum Gasteiger partial charge on any atom is 0.333 e. The van der Waals surface area contributed by atoms with Crippen LogP contribution >= 0.6 is 0 Å². The van der Waals surface area contributed by atoms with Gasteiger partial charge in [0.2, 0.25) is 0 Å². The third-order valence-corrected chi connectivity index (χ3v) is 2.87. The van der Waals surface area contributed by atoms with Gasteiger partial charge in [0.05, 0.1) is 13.2 Å². The van der Waals surface area contributed by atoms with Crippen molar-refractivity contribution in [1.29, 1.82) is 0 Å². The molecular formula is C15H27O3. The molecule has 0 unspecified atom stereocenters. The summed E-state index contributed by atoms with van der Waals surface area (Å²) in [4.78, 5) is 11.1. The second kappa shape index (κ2) is 12.6. The van der Waals surface area contributed by atoms with Gasteiger partial charge in [-0.1, -0.05) is 51.5 Å². The van der Waals surface area contributed by atoms with Gasteiger partial charge in [-0.25, -0.2) is 9.90 Å². The number of esters is 1. The lowest BCUT2D eigenvalue weighted by Crippen LogP contribution is -2.05. The Kier molecular flexibility index (Phi) is 12.0. The predicted molar refractivity (Wildman–Crippen MR) is 72.9 cm³/mol. The Morgan fingerprint density at radius 3 is 1.78 bits per heavy atom. The minimum atomic E-state index is -0.284. The minimum Gasteiger partial charge on any atom is -0.462 e. The van der Waals surface area contributed by atoms with Gasteiger partial charge in [0.1, 0.15) is 0 Å². The van der Waals surface area contributed by atoms with E-state index in [0.29, 0.717) is 12.2 Å². The van der Waals surface area contributed by atoms with E-state index in [4.69, 9.17) is 4.74 Å². The third kappa shape index (κ3) is 11.6. The summed E-state index contributed by atoms with van der Waals surface area (Å²) in [6.07, 6.45) is 10.1. The summed E-state index contributed by atoms with van der Waals surface area (Å²) < 4.78 is 5.01. The zero-order valence-electron chi connectivity index (χ0n) is 11.7. The molecule has 0 saturated heterocycles. The lowest BCUT2D eigenvalue weighted by molar-refractivity contribution is -0.139. The summed E-state index contributed by atoms with van der Waals surface area (Å²) in [5.74, 6) is -0.284. The summed E-state index contributed by atoms with van der Waals surface area (Å²) in [5, 5.41) is 10.2. The zero-order valence-corrected chi connectivity index (χ0v) is 11.7. The van der Waals surface area contributed by atoms with E-state index in [-0.39, 0.29) is 12.6 Å². The molecule has 3 heteroatoms. The van der Waals surface area contributed by atoms with Crippen molar-refractivity contribution in [3.8, 4) is 0 Å². The summed E-state index contributed by atoms with van der Waals surface area (Å²) in [7, 11) is 0. The van der Waals surface area contributed by atoms with Crippen molar-refractivity contribution in [2.45, 2.75) is 64.7 Å². The van der Waals surface area contributed by atoms with E-state index >= 15 is 0 Å². The molecule has 0 heterocycles. The molecule has 0 aliphatic heterocycles. The van der Waals surface area contributed by atoms with Crippen molar-refractivity contribution in [3.63, 3.8) is 0 Å². The van der Waals surface area contributed by atoms with Crippen LogP contribution in [0.3, 0.4) is 0 Å². The molecule has 105 valence electrons. The largest absolute Gasteiger partial charge is 0.462 e. The first-order valence-corrected chi connectivity index (χ1v) is 7.09. The number of unbranched alkanes of at least 4 members (excludes halogenated alkanes) is 8. The van der Waals surface area contributed by atoms with Crippen molar-refractivity contribution in [2.24, 2.45) is 0 Å². The van der Waals surface area contributed by atoms with Crippen LogP contribution in [0.2, 0.25) is 0 Å². The van der Waals surface area contributed by atoms with Gasteiger partial charge in [-0.2, -0.15) is 0 Å². The van der Waals surface area contributed by atoms with Crippen LogP contribution in [0.1, 0.15) is 64.7 Å². The maximum absolute atomic E-state index is 11.1. The van der Waals surface area contributed by atoms with Crippen LogP contribution in [-0.2, 0) is 14.6 Å². The highest BCUT2D eigenvalue weighted by molar-refractivity contribution is 5.86. The zero-order chi connectivity index (χ0) is 13.6. The van der Waals surface area contributed by atoms with Gasteiger partial charge in [0.25, 0.3) is 0 Å². The minimum absolute atomic E-state index is 0.0723. The van der Waals surface area contributed by atoms with Crippen LogP contribution in [0.15, 0.2) is 12.2 Å². The Morgan fingerprint density at radius 2 is 1.33 bits per heavy atom. The highest BCUT2D eigenvalue weighted by atomic mass is 16.5. The fourth-order valence-electron chi connectivity index (χ4n) is 1.73. The molecular weight excluding hydrogens is 228 g/mol. The Bertz CT molecular complexity index is 224. The standard InChI is InChI=1S/C15H27O3/c1-14(2)15(17)18-13-11-9-7-5-3-4-6-8-10-12-16/h1,3-13H2,2H3. The van der Waals surface area contributed by atoms with E-state index in [0.717, 1.165) is 25.7 Å². The molecule has 0 N–H and O–H groups in total. The molecule has 18 heavy (non-hydrogen) atoms. The van der Waals surface area contributed by atoms with E-state index in [9.17, 15) is 9.90 Å². The number of rotatable bonds is 12. The fourth-order valence-corrected chi connectivity index (χ4v) is 1.73. The number of ether oxygens (including phenoxy) is 1. The second-order valence-electron chi connectivity index (χ2n) is 4.80. The molecule has 3 nitrogen and oxygen atoms in total. The molecule has 0 aliphatic rings. The number of hydrogen-bond acceptors (Lipinski definition) is 2. The Morgan fingerprint density at radius 1 is 0.889 bits per heavy atom. The number of carbonyl (C=O) groups is 1. The molecule has 0 fully saturated rings. The van der Waals surface area contributed by atoms with E-state index < -0.39 is 0 Å². The molecule has 0 atom stereocenters. The van der Waals surface area contributed by atoms with Crippen LogP contribution in [0.4, 0.5) is 0 Å². The van der Waals surface area contributed by atoms with Gasteiger partial charge in [-0.05, 0) is 19.8 Å². The van der Waals surface area contributed by atoms with Crippen molar-refractivity contribution in [1.82, 2.24) is 0 Å². The quantitative estimate of drug-likeness (QED) is 0.300.